The van der Waals surface area contributed by atoms with Gasteiger partial charge in [0.25, 0.3) is 5.91 Å². The Morgan fingerprint density at radius 2 is 2.04 bits per heavy atom. The third-order valence-electron chi connectivity index (χ3n) is 3.74. The number of rotatable bonds is 4. The van der Waals surface area contributed by atoms with Crippen molar-refractivity contribution >= 4 is 32.5 Å². The van der Waals surface area contributed by atoms with Gasteiger partial charge in [0.05, 0.1) is 22.6 Å². The van der Waals surface area contributed by atoms with Crippen LogP contribution in [0.5, 0.6) is 0 Å². The molecule has 1 aliphatic rings. The molecule has 1 aromatic carbocycles. The summed E-state index contributed by atoms with van der Waals surface area (Å²) in [5, 5.41) is 14.0. The summed E-state index contributed by atoms with van der Waals surface area (Å²) in [4.78, 5) is 12.4. The van der Waals surface area contributed by atoms with Crippen LogP contribution in [0.3, 0.4) is 0 Å². The Kier molecular flexibility index (Phi) is 3.59. The van der Waals surface area contributed by atoms with E-state index >= 15 is 0 Å². The molecular weight excluding hydrogens is 316 g/mol. The number of aromatic amines is 1. The normalized spacial score (nSPS) is 18.6. The third-order valence-corrected chi connectivity index (χ3v) is 5.90. The molecule has 1 saturated heterocycles. The number of aromatic nitrogens is 2. The van der Waals surface area contributed by atoms with Gasteiger partial charge in [0.15, 0.2) is 15.7 Å². The standard InChI is InChI=1S/C15H20N4O3S/c1-9(2)16-13-11-6-10(4-5-12(11)18-19-13)14(20)17-15(3)7-23(21,22)8-15/h4-6,9H,7-8H2,1-3H3,(H,17,20)(H2,16,18,19). The highest BCUT2D eigenvalue weighted by molar-refractivity contribution is 7.93. The number of H-pyrrole nitrogens is 1. The maximum Gasteiger partial charge on any atom is 0.251 e. The molecule has 0 unspecified atom stereocenters. The molecule has 7 nitrogen and oxygen atoms in total. The molecule has 0 saturated carbocycles. The topological polar surface area (TPSA) is 104 Å². The van der Waals surface area contributed by atoms with E-state index in [1.807, 2.05) is 13.8 Å². The Bertz CT molecular complexity index is 858. The quantitative estimate of drug-likeness (QED) is 0.781. The summed E-state index contributed by atoms with van der Waals surface area (Å²) in [7, 11) is -3.00. The summed E-state index contributed by atoms with van der Waals surface area (Å²) in [6.07, 6.45) is 0. The number of nitrogens with one attached hydrogen (secondary N) is 3. The van der Waals surface area contributed by atoms with Gasteiger partial charge in [-0.3, -0.25) is 9.89 Å². The van der Waals surface area contributed by atoms with Crippen LogP contribution in [0.2, 0.25) is 0 Å². The van der Waals surface area contributed by atoms with E-state index in [9.17, 15) is 13.2 Å². The van der Waals surface area contributed by atoms with Crippen LogP contribution in [-0.2, 0) is 9.84 Å². The van der Waals surface area contributed by atoms with E-state index in [4.69, 9.17) is 0 Å². The van der Waals surface area contributed by atoms with Gasteiger partial charge in [0.1, 0.15) is 0 Å². The first-order valence-corrected chi connectivity index (χ1v) is 9.27. The van der Waals surface area contributed by atoms with Crippen LogP contribution in [-0.4, -0.2) is 47.6 Å². The monoisotopic (exact) mass is 336 g/mol. The SMILES string of the molecule is CC(C)Nc1n[nH]c2ccc(C(=O)NC3(C)CS(=O)(=O)C3)cc12. The van der Waals surface area contributed by atoms with E-state index in [-0.39, 0.29) is 23.5 Å². The average Bonchev–Trinajstić information content (AvgIpc) is 2.77. The number of carbonyl (C=O) groups excluding carboxylic acids is 1. The first-order valence-electron chi connectivity index (χ1n) is 7.45. The lowest BCUT2D eigenvalue weighted by Gasteiger charge is -2.38. The van der Waals surface area contributed by atoms with Crippen molar-refractivity contribution < 1.29 is 13.2 Å². The van der Waals surface area contributed by atoms with Gasteiger partial charge >= 0.3 is 0 Å². The van der Waals surface area contributed by atoms with Crippen LogP contribution < -0.4 is 10.6 Å². The molecule has 0 aliphatic carbocycles. The first-order chi connectivity index (χ1) is 10.7. The van der Waals surface area contributed by atoms with Crippen LogP contribution in [0, 0.1) is 0 Å². The Morgan fingerprint density at radius 3 is 2.65 bits per heavy atom. The van der Waals surface area contributed by atoms with Crippen LogP contribution in [0.25, 0.3) is 10.9 Å². The van der Waals surface area contributed by atoms with E-state index in [0.717, 1.165) is 10.9 Å². The number of anilines is 1. The lowest BCUT2D eigenvalue weighted by molar-refractivity contribution is 0.0917. The molecule has 0 atom stereocenters. The molecule has 1 fully saturated rings. The Morgan fingerprint density at radius 1 is 1.35 bits per heavy atom. The van der Waals surface area contributed by atoms with Gasteiger partial charge in [0.2, 0.25) is 0 Å². The largest absolute Gasteiger partial charge is 0.366 e. The van der Waals surface area contributed by atoms with Crippen LogP contribution in [0.1, 0.15) is 31.1 Å². The molecule has 1 amide bonds. The predicted molar refractivity (Wildman–Crippen MR) is 89.4 cm³/mol. The Hall–Kier alpha value is -2.09. The Labute approximate surface area is 134 Å². The average molecular weight is 336 g/mol. The minimum atomic E-state index is -3.00. The van der Waals surface area contributed by atoms with E-state index < -0.39 is 15.4 Å². The van der Waals surface area contributed by atoms with E-state index in [0.29, 0.717) is 11.4 Å². The molecule has 124 valence electrons. The van der Waals surface area contributed by atoms with Gasteiger partial charge in [0, 0.05) is 17.0 Å². The second-order valence-corrected chi connectivity index (χ2v) is 8.74. The van der Waals surface area contributed by atoms with Gasteiger partial charge in [-0.25, -0.2) is 8.42 Å². The number of hydrogen-bond donors (Lipinski definition) is 3. The first kappa shape index (κ1) is 15.8. The van der Waals surface area contributed by atoms with Gasteiger partial charge in [-0.2, -0.15) is 5.10 Å². The zero-order valence-electron chi connectivity index (χ0n) is 13.3. The highest BCUT2D eigenvalue weighted by Gasteiger charge is 2.45. The van der Waals surface area contributed by atoms with E-state index in [1.54, 1.807) is 25.1 Å². The zero-order chi connectivity index (χ0) is 16.8. The molecule has 2 aromatic rings. The highest BCUT2D eigenvalue weighted by atomic mass is 32.2. The minimum absolute atomic E-state index is 0.0140. The smallest absolute Gasteiger partial charge is 0.251 e. The number of amides is 1. The molecule has 0 radical (unpaired) electrons. The van der Waals surface area contributed by atoms with Crippen molar-refractivity contribution in [3.8, 4) is 0 Å². The summed E-state index contributed by atoms with van der Waals surface area (Å²) in [5.74, 6) is 0.391. The van der Waals surface area contributed by atoms with Crippen LogP contribution in [0.4, 0.5) is 5.82 Å². The number of benzene rings is 1. The molecular formula is C15H20N4O3S. The van der Waals surface area contributed by atoms with E-state index in [1.165, 1.54) is 0 Å². The summed E-state index contributed by atoms with van der Waals surface area (Å²) >= 11 is 0. The van der Waals surface area contributed by atoms with Crippen molar-refractivity contribution in [2.45, 2.75) is 32.4 Å². The fourth-order valence-corrected chi connectivity index (χ4v) is 4.89. The van der Waals surface area contributed by atoms with Gasteiger partial charge in [-0.05, 0) is 39.0 Å². The van der Waals surface area contributed by atoms with E-state index in [2.05, 4.69) is 20.8 Å². The summed E-state index contributed by atoms with van der Waals surface area (Å²) in [5.41, 5.74) is 0.638. The number of carbonyl (C=O) groups is 1. The number of sulfone groups is 1. The molecule has 23 heavy (non-hydrogen) atoms. The lowest BCUT2D eigenvalue weighted by Crippen LogP contribution is -2.63. The summed E-state index contributed by atoms with van der Waals surface area (Å²) in [6.45, 7) is 5.76. The fraction of sp³-hybridized carbons (Fsp3) is 0.467. The fourth-order valence-electron chi connectivity index (χ4n) is 2.89. The van der Waals surface area contributed by atoms with Crippen molar-refractivity contribution in [1.29, 1.82) is 0 Å². The second kappa shape index (κ2) is 5.23. The molecule has 0 bridgehead atoms. The van der Waals surface area contributed by atoms with Gasteiger partial charge in [-0.1, -0.05) is 0 Å². The Balaban J connectivity index is 1.83. The molecule has 0 spiro atoms. The summed E-state index contributed by atoms with van der Waals surface area (Å²) < 4.78 is 22.7. The molecule has 1 aliphatic heterocycles. The van der Waals surface area contributed by atoms with Crippen molar-refractivity contribution in [1.82, 2.24) is 15.5 Å². The predicted octanol–water partition coefficient (Wildman–Crippen LogP) is 1.30. The third kappa shape index (κ3) is 3.17. The van der Waals surface area contributed by atoms with Crippen LogP contribution >= 0.6 is 0 Å². The number of nitrogens with zero attached hydrogens (tertiary/aromatic N) is 1. The molecule has 3 rings (SSSR count). The van der Waals surface area contributed by atoms with Crippen molar-refractivity contribution in [3.63, 3.8) is 0 Å². The van der Waals surface area contributed by atoms with Crippen molar-refractivity contribution in [3.05, 3.63) is 23.8 Å². The van der Waals surface area contributed by atoms with Crippen molar-refractivity contribution in [2.24, 2.45) is 0 Å². The lowest BCUT2D eigenvalue weighted by atomic mass is 10.1. The molecule has 2 heterocycles. The summed E-state index contributed by atoms with van der Waals surface area (Å²) in [6, 6.07) is 5.47. The highest BCUT2D eigenvalue weighted by Crippen LogP contribution is 2.25. The van der Waals surface area contributed by atoms with Gasteiger partial charge < -0.3 is 10.6 Å². The maximum absolute atomic E-state index is 12.4. The number of fused-ring (bicyclic) bond motifs is 1. The molecule has 3 N–H and O–H groups in total. The minimum Gasteiger partial charge on any atom is -0.366 e. The van der Waals surface area contributed by atoms with Crippen LogP contribution in [0.15, 0.2) is 18.2 Å². The number of hydrogen-bond acceptors (Lipinski definition) is 5. The maximum atomic E-state index is 12.4. The van der Waals surface area contributed by atoms with Crippen molar-refractivity contribution in [2.75, 3.05) is 16.8 Å². The zero-order valence-corrected chi connectivity index (χ0v) is 14.1. The molecule has 8 heteroatoms. The second-order valence-electron chi connectivity index (χ2n) is 6.68. The van der Waals surface area contributed by atoms with Gasteiger partial charge in [-0.15, -0.1) is 0 Å². The molecule has 1 aromatic heterocycles.